The minimum Gasteiger partial charge on any atom is -0.504 e. The number of aliphatic hydroxyl groups excluding tert-OH is 1. The Morgan fingerprint density at radius 2 is 1.66 bits per heavy atom. The lowest BCUT2D eigenvalue weighted by molar-refractivity contribution is 0.175. The first kappa shape index (κ1) is 26.7. The Morgan fingerprint density at radius 1 is 0.895 bits per heavy atom. The van der Waals surface area contributed by atoms with E-state index in [0.29, 0.717) is 25.3 Å². The molecule has 0 saturated carbocycles. The minimum absolute atomic E-state index is 0.0745. The lowest BCUT2D eigenvalue weighted by Crippen LogP contribution is -2.23. The monoisotopic (exact) mass is 511 g/mol. The van der Waals surface area contributed by atoms with Crippen LogP contribution in [0.5, 0.6) is 17.2 Å². The molecule has 4 aromatic rings. The van der Waals surface area contributed by atoms with Gasteiger partial charge in [0.05, 0.1) is 12.7 Å². The quantitative estimate of drug-likeness (QED) is 0.0850. The molecule has 0 bridgehead atoms. The number of phenolic OH excluding ortho intramolecular Hbond substituents is 1. The van der Waals surface area contributed by atoms with Crippen molar-refractivity contribution < 1.29 is 19.7 Å². The first-order valence-corrected chi connectivity index (χ1v) is 12.6. The standard InChI is InChI=1S/C31H33N3O4/c1-2-37-30-15-13-26(19-27(30)23-6-4-3-5-7-23)34-25-11-8-22(9-12-25)16-17-33-20-29(36)24-10-14-28(35)31(18-24)38-21-32/h3-15,18-19,21,29,32-36H,2,16-17,20H2,1H3/t29-/m0/s1. The van der Waals surface area contributed by atoms with Crippen LogP contribution >= 0.6 is 0 Å². The van der Waals surface area contributed by atoms with Crippen molar-refractivity contribution in [1.82, 2.24) is 5.32 Å². The number of aliphatic hydroxyl groups is 1. The second kappa shape index (κ2) is 13.3. The number of rotatable bonds is 13. The average Bonchev–Trinajstić information content (AvgIpc) is 2.94. The van der Waals surface area contributed by atoms with Crippen molar-refractivity contribution >= 4 is 17.8 Å². The van der Waals surface area contributed by atoms with Crippen LogP contribution in [0.2, 0.25) is 0 Å². The molecule has 4 rings (SSSR count). The van der Waals surface area contributed by atoms with E-state index < -0.39 is 6.10 Å². The van der Waals surface area contributed by atoms with Crippen LogP contribution in [0.4, 0.5) is 11.4 Å². The van der Waals surface area contributed by atoms with Crippen LogP contribution in [0.3, 0.4) is 0 Å². The van der Waals surface area contributed by atoms with Crippen molar-refractivity contribution in [3.8, 4) is 28.4 Å². The third kappa shape index (κ3) is 7.12. The third-order valence-corrected chi connectivity index (χ3v) is 6.09. The molecular formula is C31H33N3O4. The van der Waals surface area contributed by atoms with Crippen LogP contribution in [0.1, 0.15) is 24.2 Å². The predicted molar refractivity (Wildman–Crippen MR) is 152 cm³/mol. The number of hydrogen-bond acceptors (Lipinski definition) is 7. The summed E-state index contributed by atoms with van der Waals surface area (Å²) in [6.45, 7) is 3.66. The molecular weight excluding hydrogens is 478 g/mol. The molecule has 0 aliphatic rings. The Labute approximate surface area is 223 Å². The highest BCUT2D eigenvalue weighted by Gasteiger charge is 2.11. The lowest BCUT2D eigenvalue weighted by atomic mass is 10.0. The highest BCUT2D eigenvalue weighted by atomic mass is 16.5. The molecule has 0 radical (unpaired) electrons. The molecule has 7 nitrogen and oxygen atoms in total. The van der Waals surface area contributed by atoms with E-state index in [4.69, 9.17) is 14.9 Å². The summed E-state index contributed by atoms with van der Waals surface area (Å²) in [7, 11) is 0. The van der Waals surface area contributed by atoms with Crippen LogP contribution in [-0.2, 0) is 6.42 Å². The molecule has 0 heterocycles. The van der Waals surface area contributed by atoms with E-state index in [1.54, 1.807) is 6.07 Å². The molecule has 5 N–H and O–H groups in total. The first-order valence-electron chi connectivity index (χ1n) is 12.6. The summed E-state index contributed by atoms with van der Waals surface area (Å²) in [5.41, 5.74) is 5.92. The van der Waals surface area contributed by atoms with Gasteiger partial charge in [0.15, 0.2) is 17.9 Å². The summed E-state index contributed by atoms with van der Waals surface area (Å²) in [5, 5.41) is 34.0. The smallest absolute Gasteiger partial charge is 0.174 e. The summed E-state index contributed by atoms with van der Waals surface area (Å²) in [5.74, 6) is 0.934. The zero-order valence-electron chi connectivity index (χ0n) is 21.4. The van der Waals surface area contributed by atoms with Gasteiger partial charge in [-0.1, -0.05) is 48.5 Å². The summed E-state index contributed by atoms with van der Waals surface area (Å²) in [6, 6.07) is 29.3. The van der Waals surface area contributed by atoms with Gasteiger partial charge in [-0.25, -0.2) is 0 Å². The van der Waals surface area contributed by atoms with Crippen LogP contribution < -0.4 is 20.1 Å². The van der Waals surface area contributed by atoms with E-state index >= 15 is 0 Å². The molecule has 7 heteroatoms. The van der Waals surface area contributed by atoms with Crippen molar-refractivity contribution in [3.05, 3.63) is 102 Å². The van der Waals surface area contributed by atoms with E-state index in [9.17, 15) is 10.2 Å². The normalized spacial score (nSPS) is 11.5. The molecule has 4 aromatic carbocycles. The molecule has 0 aliphatic heterocycles. The predicted octanol–water partition coefficient (Wildman–Crippen LogP) is 6.05. The molecule has 0 aromatic heterocycles. The Hall–Kier alpha value is -4.33. The fourth-order valence-corrected chi connectivity index (χ4v) is 4.14. The molecule has 38 heavy (non-hydrogen) atoms. The van der Waals surface area contributed by atoms with E-state index in [1.165, 1.54) is 17.7 Å². The van der Waals surface area contributed by atoms with E-state index in [0.717, 1.165) is 41.1 Å². The number of anilines is 2. The maximum absolute atomic E-state index is 10.4. The molecule has 0 fully saturated rings. The lowest BCUT2D eigenvalue weighted by Gasteiger charge is -2.15. The van der Waals surface area contributed by atoms with Gasteiger partial charge < -0.3 is 30.3 Å². The summed E-state index contributed by atoms with van der Waals surface area (Å²) >= 11 is 0. The molecule has 0 unspecified atom stereocenters. The Kier molecular flexibility index (Phi) is 9.34. The van der Waals surface area contributed by atoms with Crippen LogP contribution in [-0.4, -0.2) is 36.3 Å². The zero-order valence-corrected chi connectivity index (χ0v) is 21.4. The largest absolute Gasteiger partial charge is 0.504 e. The Morgan fingerprint density at radius 3 is 2.39 bits per heavy atom. The average molecular weight is 512 g/mol. The van der Waals surface area contributed by atoms with Crippen LogP contribution in [0.25, 0.3) is 11.1 Å². The fourth-order valence-electron chi connectivity index (χ4n) is 4.14. The number of hydrogen-bond donors (Lipinski definition) is 5. The maximum Gasteiger partial charge on any atom is 0.174 e. The highest BCUT2D eigenvalue weighted by Crippen LogP contribution is 2.34. The van der Waals surface area contributed by atoms with Gasteiger partial charge in [-0.05, 0) is 79.0 Å². The van der Waals surface area contributed by atoms with Gasteiger partial charge in [-0.3, -0.25) is 5.41 Å². The van der Waals surface area contributed by atoms with Gasteiger partial charge in [-0.15, -0.1) is 0 Å². The minimum atomic E-state index is -0.759. The number of phenols is 1. The van der Waals surface area contributed by atoms with E-state index in [2.05, 4.69) is 53.1 Å². The van der Waals surface area contributed by atoms with Gasteiger partial charge in [0.25, 0.3) is 0 Å². The van der Waals surface area contributed by atoms with Crippen molar-refractivity contribution in [2.45, 2.75) is 19.4 Å². The van der Waals surface area contributed by atoms with E-state index in [1.807, 2.05) is 37.3 Å². The highest BCUT2D eigenvalue weighted by molar-refractivity contribution is 5.76. The summed E-state index contributed by atoms with van der Waals surface area (Å²) in [4.78, 5) is 0. The molecule has 0 saturated heterocycles. The third-order valence-electron chi connectivity index (χ3n) is 6.09. The Balaban J connectivity index is 1.30. The molecule has 0 spiro atoms. The van der Waals surface area contributed by atoms with Gasteiger partial charge >= 0.3 is 0 Å². The second-order valence-electron chi connectivity index (χ2n) is 8.76. The molecule has 196 valence electrons. The van der Waals surface area contributed by atoms with Crippen molar-refractivity contribution in [2.24, 2.45) is 0 Å². The topological polar surface area (TPSA) is 107 Å². The number of aromatic hydroxyl groups is 1. The van der Waals surface area contributed by atoms with Gasteiger partial charge in [0.2, 0.25) is 0 Å². The SMILES string of the molecule is CCOc1ccc(Nc2ccc(CCNC[C@H](O)c3ccc(O)c(OC=N)c3)cc2)cc1-c1ccccc1. The van der Waals surface area contributed by atoms with Crippen molar-refractivity contribution in [3.63, 3.8) is 0 Å². The number of benzene rings is 4. The van der Waals surface area contributed by atoms with Gasteiger partial charge in [0.1, 0.15) is 5.75 Å². The fraction of sp³-hybridized carbons (Fsp3) is 0.194. The molecule has 0 aliphatic carbocycles. The number of ether oxygens (including phenoxy) is 2. The van der Waals surface area contributed by atoms with E-state index in [-0.39, 0.29) is 11.5 Å². The Bertz CT molecular complexity index is 1330. The summed E-state index contributed by atoms with van der Waals surface area (Å²) in [6.07, 6.45) is 0.793. The number of nitrogens with one attached hydrogen (secondary N) is 3. The molecule has 0 amide bonds. The second-order valence-corrected chi connectivity index (χ2v) is 8.76. The molecule has 1 atom stereocenters. The van der Waals surface area contributed by atoms with Crippen molar-refractivity contribution in [1.29, 1.82) is 5.41 Å². The van der Waals surface area contributed by atoms with Gasteiger partial charge in [0, 0.05) is 23.5 Å². The van der Waals surface area contributed by atoms with Crippen molar-refractivity contribution in [2.75, 3.05) is 25.0 Å². The zero-order chi connectivity index (χ0) is 26.7. The first-order chi connectivity index (χ1) is 18.6. The van der Waals surface area contributed by atoms with Crippen LogP contribution in [0.15, 0.2) is 91.0 Å². The van der Waals surface area contributed by atoms with Crippen LogP contribution in [0, 0.1) is 5.41 Å². The summed E-state index contributed by atoms with van der Waals surface area (Å²) < 4.78 is 10.8. The van der Waals surface area contributed by atoms with Gasteiger partial charge in [-0.2, -0.15) is 0 Å². The maximum atomic E-state index is 10.4.